The highest BCUT2D eigenvalue weighted by atomic mass is 35.5. The van der Waals surface area contributed by atoms with Crippen LogP contribution in [0.15, 0.2) is 36.4 Å². The minimum atomic E-state index is -0.405. The highest BCUT2D eigenvalue weighted by Crippen LogP contribution is 2.26. The molecule has 3 rings (SSSR count). The van der Waals surface area contributed by atoms with Crippen molar-refractivity contribution in [3.8, 4) is 11.8 Å². The summed E-state index contributed by atoms with van der Waals surface area (Å²) < 4.78 is 15.5. The molecule has 1 aromatic heterocycles. The molecule has 0 unspecified atom stereocenters. The maximum atomic E-state index is 13.4. The number of fused-ring (bicyclic) bond motifs is 1. The Balaban J connectivity index is 2.41. The minimum absolute atomic E-state index is 0.380. The van der Waals surface area contributed by atoms with Crippen LogP contribution < -0.4 is 0 Å². The molecule has 3 nitrogen and oxygen atoms in total. The van der Waals surface area contributed by atoms with E-state index in [2.05, 4.69) is 11.1 Å². The predicted molar refractivity (Wildman–Crippen MR) is 78.1 cm³/mol. The second-order valence-corrected chi connectivity index (χ2v) is 5.00. The molecule has 20 heavy (non-hydrogen) atoms. The first kappa shape index (κ1) is 12.9. The molecule has 6 heteroatoms. The van der Waals surface area contributed by atoms with Crippen LogP contribution in [0.5, 0.6) is 0 Å². The Morgan fingerprint density at radius 3 is 2.80 bits per heavy atom. The first-order valence-electron chi connectivity index (χ1n) is 5.70. The van der Waals surface area contributed by atoms with Gasteiger partial charge < -0.3 is 4.98 Å². The van der Waals surface area contributed by atoms with Crippen LogP contribution >= 0.6 is 23.8 Å². The lowest BCUT2D eigenvalue weighted by atomic mass is 10.2. The maximum Gasteiger partial charge on any atom is 0.182 e. The van der Waals surface area contributed by atoms with Gasteiger partial charge in [-0.1, -0.05) is 11.6 Å². The van der Waals surface area contributed by atoms with Crippen molar-refractivity contribution < 1.29 is 4.39 Å². The topological polar surface area (TPSA) is 44.5 Å². The van der Waals surface area contributed by atoms with Crippen molar-refractivity contribution in [3.05, 3.63) is 57.6 Å². The van der Waals surface area contributed by atoms with E-state index in [1.807, 2.05) is 0 Å². The highest BCUT2D eigenvalue weighted by Gasteiger charge is 2.11. The Morgan fingerprint density at radius 2 is 2.05 bits per heavy atom. The number of nitrogens with zero attached hydrogens (tertiary/aromatic N) is 2. The Bertz CT molecular complexity index is 920. The van der Waals surface area contributed by atoms with E-state index >= 15 is 0 Å². The van der Waals surface area contributed by atoms with E-state index in [-0.39, 0.29) is 0 Å². The Hall–Kier alpha value is -2.16. The molecule has 0 bridgehead atoms. The smallest absolute Gasteiger partial charge is 0.182 e. The molecule has 2 aromatic carbocycles. The molecular formula is C14H7ClFN3S. The summed E-state index contributed by atoms with van der Waals surface area (Å²) in [6, 6.07) is 11.3. The van der Waals surface area contributed by atoms with Crippen LogP contribution in [-0.2, 0) is 0 Å². The summed E-state index contributed by atoms with van der Waals surface area (Å²) in [6.07, 6.45) is 0. The van der Waals surface area contributed by atoms with Crippen LogP contribution in [0.3, 0.4) is 0 Å². The molecule has 0 aliphatic rings. The number of aromatic amines is 1. The maximum absolute atomic E-state index is 13.4. The van der Waals surface area contributed by atoms with Crippen molar-refractivity contribution >= 4 is 34.9 Å². The molecular weight excluding hydrogens is 297 g/mol. The number of aromatic nitrogens is 2. The molecule has 0 aliphatic carbocycles. The van der Waals surface area contributed by atoms with Gasteiger partial charge in [-0.05, 0) is 48.6 Å². The van der Waals surface area contributed by atoms with Crippen LogP contribution in [0.25, 0.3) is 16.7 Å². The van der Waals surface area contributed by atoms with Crippen molar-refractivity contribution in [2.24, 2.45) is 0 Å². The average molecular weight is 304 g/mol. The van der Waals surface area contributed by atoms with E-state index in [4.69, 9.17) is 29.1 Å². The first-order valence-corrected chi connectivity index (χ1v) is 6.49. The average Bonchev–Trinajstić information content (AvgIpc) is 2.76. The second-order valence-electron chi connectivity index (χ2n) is 4.21. The molecule has 1 heterocycles. The van der Waals surface area contributed by atoms with Gasteiger partial charge in [0.1, 0.15) is 5.82 Å². The zero-order valence-electron chi connectivity index (χ0n) is 10.0. The predicted octanol–water partition coefficient (Wildman–Crippen LogP) is 4.35. The van der Waals surface area contributed by atoms with E-state index in [0.29, 0.717) is 26.6 Å². The number of halogens is 2. The van der Waals surface area contributed by atoms with E-state index < -0.39 is 5.82 Å². The van der Waals surface area contributed by atoms with E-state index in [1.165, 1.54) is 18.2 Å². The first-order chi connectivity index (χ1) is 9.60. The molecule has 0 fully saturated rings. The van der Waals surface area contributed by atoms with Crippen LogP contribution in [0.1, 0.15) is 5.56 Å². The van der Waals surface area contributed by atoms with Gasteiger partial charge in [0.05, 0.1) is 33.4 Å². The molecule has 0 spiro atoms. The van der Waals surface area contributed by atoms with Crippen LogP contribution in [0.2, 0.25) is 5.02 Å². The van der Waals surface area contributed by atoms with Crippen molar-refractivity contribution in [2.75, 3.05) is 0 Å². The summed E-state index contributed by atoms with van der Waals surface area (Å²) in [4.78, 5) is 3.01. The van der Waals surface area contributed by atoms with Crippen molar-refractivity contribution in [3.63, 3.8) is 0 Å². The molecule has 0 aliphatic heterocycles. The Labute approximate surface area is 123 Å². The van der Waals surface area contributed by atoms with Crippen LogP contribution in [-0.4, -0.2) is 9.55 Å². The van der Waals surface area contributed by atoms with Gasteiger partial charge in [0.25, 0.3) is 0 Å². The quantitative estimate of drug-likeness (QED) is 0.679. The molecule has 98 valence electrons. The third kappa shape index (κ3) is 1.99. The van der Waals surface area contributed by atoms with Crippen molar-refractivity contribution in [2.45, 2.75) is 0 Å². The summed E-state index contributed by atoms with van der Waals surface area (Å²) in [5, 5.41) is 9.36. The summed E-state index contributed by atoms with van der Waals surface area (Å²) in [6.45, 7) is 0. The van der Waals surface area contributed by atoms with E-state index in [1.54, 1.807) is 22.8 Å². The zero-order valence-corrected chi connectivity index (χ0v) is 11.6. The van der Waals surface area contributed by atoms with E-state index in [0.717, 1.165) is 5.52 Å². The lowest BCUT2D eigenvalue weighted by Gasteiger charge is -2.07. The fourth-order valence-corrected chi connectivity index (χ4v) is 2.58. The SMILES string of the molecule is N#Cc1ccc2[nH]c(=S)n(-c3cc(F)ccc3Cl)c2c1. The molecule has 0 atom stereocenters. The van der Waals surface area contributed by atoms with Gasteiger partial charge in [-0.15, -0.1) is 0 Å². The number of hydrogen-bond acceptors (Lipinski definition) is 2. The monoisotopic (exact) mass is 303 g/mol. The summed E-state index contributed by atoms with van der Waals surface area (Å²) in [5.74, 6) is -0.405. The van der Waals surface area contributed by atoms with Gasteiger partial charge in [0.15, 0.2) is 4.77 Å². The van der Waals surface area contributed by atoms with Gasteiger partial charge in [-0.2, -0.15) is 5.26 Å². The molecule has 1 N–H and O–H groups in total. The van der Waals surface area contributed by atoms with E-state index in [9.17, 15) is 4.39 Å². The van der Waals surface area contributed by atoms with Crippen molar-refractivity contribution in [1.29, 1.82) is 5.26 Å². The molecule has 0 saturated carbocycles. The lowest BCUT2D eigenvalue weighted by Crippen LogP contribution is -1.96. The standard InChI is InChI=1S/C14H7ClFN3S/c15-10-3-2-9(16)6-12(10)19-13-5-8(7-17)1-4-11(13)18-14(19)20/h1-6H,(H,18,20). The molecule has 0 amide bonds. The van der Waals surface area contributed by atoms with Gasteiger partial charge in [-0.25, -0.2) is 4.39 Å². The third-order valence-corrected chi connectivity index (χ3v) is 3.57. The number of nitriles is 1. The molecule has 0 saturated heterocycles. The number of rotatable bonds is 1. The molecule has 3 aromatic rings. The zero-order chi connectivity index (χ0) is 14.3. The summed E-state index contributed by atoms with van der Waals surface area (Å²) >= 11 is 11.4. The minimum Gasteiger partial charge on any atom is -0.330 e. The fraction of sp³-hybridized carbons (Fsp3) is 0. The second kappa shape index (κ2) is 4.75. The highest BCUT2D eigenvalue weighted by molar-refractivity contribution is 7.71. The number of hydrogen-bond donors (Lipinski definition) is 1. The third-order valence-electron chi connectivity index (χ3n) is 2.96. The number of benzene rings is 2. The Kier molecular flexibility index (Phi) is 3.05. The lowest BCUT2D eigenvalue weighted by molar-refractivity contribution is 0.626. The largest absolute Gasteiger partial charge is 0.330 e. The number of imidazole rings is 1. The van der Waals surface area contributed by atoms with Gasteiger partial charge in [0.2, 0.25) is 0 Å². The Morgan fingerprint density at radius 1 is 1.25 bits per heavy atom. The van der Waals surface area contributed by atoms with Gasteiger partial charge >= 0.3 is 0 Å². The van der Waals surface area contributed by atoms with Crippen LogP contribution in [0, 0.1) is 21.9 Å². The van der Waals surface area contributed by atoms with Gasteiger partial charge in [0, 0.05) is 0 Å². The van der Waals surface area contributed by atoms with Gasteiger partial charge in [-0.3, -0.25) is 4.57 Å². The normalized spacial score (nSPS) is 10.7. The summed E-state index contributed by atoms with van der Waals surface area (Å²) in [7, 11) is 0. The molecule has 0 radical (unpaired) electrons. The fourth-order valence-electron chi connectivity index (χ4n) is 2.07. The number of nitrogens with one attached hydrogen (secondary N) is 1. The number of H-pyrrole nitrogens is 1. The van der Waals surface area contributed by atoms with Crippen molar-refractivity contribution in [1.82, 2.24) is 9.55 Å². The van der Waals surface area contributed by atoms with Crippen LogP contribution in [0.4, 0.5) is 4.39 Å². The summed E-state index contributed by atoms with van der Waals surface area (Å²) in [5.41, 5.74) is 2.38.